The number of amides is 1. The van der Waals surface area contributed by atoms with Crippen molar-refractivity contribution in [2.24, 2.45) is 0 Å². The molecular formula is C24H25BrFN5O3. The van der Waals surface area contributed by atoms with Gasteiger partial charge in [0.15, 0.2) is 5.82 Å². The number of ether oxygens (including phenoxy) is 2. The second-order valence-electron chi connectivity index (χ2n) is 7.63. The van der Waals surface area contributed by atoms with Crippen LogP contribution in [0.4, 0.5) is 21.6 Å². The van der Waals surface area contributed by atoms with Crippen molar-refractivity contribution >= 4 is 49.9 Å². The molecule has 34 heavy (non-hydrogen) atoms. The fraction of sp³-hybridized carbons (Fsp3) is 0.292. The number of carbonyl (C=O) groups is 1. The summed E-state index contributed by atoms with van der Waals surface area (Å²) in [5.74, 6) is -0.769. The Labute approximate surface area is 205 Å². The van der Waals surface area contributed by atoms with Crippen LogP contribution < -0.4 is 15.4 Å². The summed E-state index contributed by atoms with van der Waals surface area (Å²) >= 11 is 3.47. The van der Waals surface area contributed by atoms with Gasteiger partial charge in [-0.15, -0.1) is 0 Å². The molecule has 1 saturated heterocycles. The number of morpholine rings is 1. The van der Waals surface area contributed by atoms with E-state index in [1.54, 1.807) is 6.07 Å². The summed E-state index contributed by atoms with van der Waals surface area (Å²) < 4.78 is 27.9. The van der Waals surface area contributed by atoms with Crippen LogP contribution in [0.1, 0.15) is 6.42 Å². The molecule has 1 aromatic heterocycles. The van der Waals surface area contributed by atoms with Gasteiger partial charge in [0, 0.05) is 30.2 Å². The number of nitrogens with zero attached hydrogens (tertiary/aromatic N) is 3. The number of carbonyl (C=O) groups excluding carboxylic acids is 1. The molecule has 0 unspecified atom stereocenters. The number of hydrogen-bond donors (Lipinski definition) is 2. The van der Waals surface area contributed by atoms with Crippen molar-refractivity contribution in [3.63, 3.8) is 0 Å². The molecule has 0 radical (unpaired) electrons. The topological polar surface area (TPSA) is 88.6 Å². The molecule has 0 saturated carbocycles. The summed E-state index contributed by atoms with van der Waals surface area (Å²) in [7, 11) is 0. The molecule has 1 amide bonds. The molecule has 2 aromatic carbocycles. The number of aromatic nitrogens is 2. The second-order valence-corrected chi connectivity index (χ2v) is 8.49. The van der Waals surface area contributed by atoms with Gasteiger partial charge in [-0.1, -0.05) is 18.7 Å². The summed E-state index contributed by atoms with van der Waals surface area (Å²) in [5.41, 5.74) is 0.984. The number of rotatable bonds is 9. The van der Waals surface area contributed by atoms with Crippen molar-refractivity contribution in [3.05, 3.63) is 59.6 Å². The molecule has 1 aliphatic heterocycles. The largest absolute Gasteiger partial charge is 0.491 e. The Bertz CT molecular complexity index is 1190. The first-order chi connectivity index (χ1) is 16.6. The van der Waals surface area contributed by atoms with E-state index >= 15 is 4.39 Å². The third-order valence-electron chi connectivity index (χ3n) is 5.37. The van der Waals surface area contributed by atoms with Gasteiger partial charge in [0.05, 0.1) is 36.4 Å². The van der Waals surface area contributed by atoms with Crippen molar-refractivity contribution in [1.29, 1.82) is 0 Å². The van der Waals surface area contributed by atoms with E-state index in [0.717, 1.165) is 49.8 Å². The van der Waals surface area contributed by atoms with Gasteiger partial charge >= 0.3 is 0 Å². The maximum absolute atomic E-state index is 15.8. The maximum atomic E-state index is 15.8. The zero-order valence-corrected chi connectivity index (χ0v) is 20.1. The summed E-state index contributed by atoms with van der Waals surface area (Å²) in [6.45, 7) is 7.87. The van der Waals surface area contributed by atoms with Gasteiger partial charge in [0.1, 0.15) is 23.6 Å². The van der Waals surface area contributed by atoms with Crippen LogP contribution in [-0.4, -0.2) is 60.2 Å². The van der Waals surface area contributed by atoms with Crippen LogP contribution in [0.25, 0.3) is 10.9 Å². The first kappa shape index (κ1) is 24.1. The first-order valence-electron chi connectivity index (χ1n) is 10.9. The SMILES string of the molecule is C=CC(=O)Nc1c(OCCCN2CCOCC2)cc2ncnc(Nc3ccccc3Br)c2c1F. The van der Waals surface area contributed by atoms with Gasteiger partial charge in [0.25, 0.3) is 0 Å². The number of benzene rings is 2. The fourth-order valence-corrected chi connectivity index (χ4v) is 4.02. The zero-order chi connectivity index (χ0) is 23.9. The van der Waals surface area contributed by atoms with Crippen LogP contribution in [-0.2, 0) is 9.53 Å². The molecule has 3 aromatic rings. The third kappa shape index (κ3) is 5.69. The number of anilines is 3. The lowest BCUT2D eigenvalue weighted by atomic mass is 10.1. The molecule has 1 aliphatic rings. The van der Waals surface area contributed by atoms with Crippen LogP contribution in [0.2, 0.25) is 0 Å². The average Bonchev–Trinajstić information content (AvgIpc) is 2.85. The average molecular weight is 530 g/mol. The molecule has 10 heteroatoms. The summed E-state index contributed by atoms with van der Waals surface area (Å²) in [4.78, 5) is 22.8. The van der Waals surface area contributed by atoms with Gasteiger partial charge in [-0.05, 0) is 40.6 Å². The normalized spacial score (nSPS) is 14.1. The zero-order valence-electron chi connectivity index (χ0n) is 18.5. The predicted molar refractivity (Wildman–Crippen MR) is 133 cm³/mol. The van der Waals surface area contributed by atoms with E-state index in [-0.39, 0.29) is 22.6 Å². The van der Waals surface area contributed by atoms with Crippen LogP contribution in [0.5, 0.6) is 5.75 Å². The van der Waals surface area contributed by atoms with Crippen molar-refractivity contribution in [1.82, 2.24) is 14.9 Å². The van der Waals surface area contributed by atoms with Gasteiger partial charge in [0.2, 0.25) is 5.91 Å². The molecule has 0 spiro atoms. The van der Waals surface area contributed by atoms with Crippen LogP contribution in [0.3, 0.4) is 0 Å². The summed E-state index contributed by atoms with van der Waals surface area (Å²) in [6.07, 6.45) is 3.17. The summed E-state index contributed by atoms with van der Waals surface area (Å²) in [5, 5.41) is 5.81. The third-order valence-corrected chi connectivity index (χ3v) is 6.06. The summed E-state index contributed by atoms with van der Waals surface area (Å²) in [6, 6.07) is 9.03. The van der Waals surface area contributed by atoms with E-state index < -0.39 is 11.7 Å². The minimum absolute atomic E-state index is 0.0752. The quantitative estimate of drug-likeness (QED) is 0.311. The Kier molecular flexibility index (Phi) is 8.04. The highest BCUT2D eigenvalue weighted by molar-refractivity contribution is 9.10. The van der Waals surface area contributed by atoms with Crippen molar-refractivity contribution in [3.8, 4) is 5.75 Å². The van der Waals surface area contributed by atoms with E-state index in [9.17, 15) is 4.79 Å². The van der Waals surface area contributed by atoms with Crippen molar-refractivity contribution < 1.29 is 18.7 Å². The molecule has 0 aliphatic carbocycles. The van der Waals surface area contributed by atoms with Gasteiger partial charge in [-0.25, -0.2) is 14.4 Å². The van der Waals surface area contributed by atoms with Crippen molar-refractivity contribution in [2.75, 3.05) is 50.1 Å². The van der Waals surface area contributed by atoms with Crippen LogP contribution in [0, 0.1) is 5.82 Å². The van der Waals surface area contributed by atoms with Gasteiger partial charge < -0.3 is 20.1 Å². The highest BCUT2D eigenvalue weighted by atomic mass is 79.9. The van der Waals surface area contributed by atoms with Gasteiger partial charge in [-0.2, -0.15) is 0 Å². The number of halogens is 2. The smallest absolute Gasteiger partial charge is 0.247 e. The molecule has 8 nitrogen and oxygen atoms in total. The van der Waals surface area contributed by atoms with E-state index in [1.165, 1.54) is 6.33 Å². The Morgan fingerprint density at radius 1 is 1.29 bits per heavy atom. The van der Waals surface area contributed by atoms with E-state index in [0.29, 0.717) is 17.8 Å². The van der Waals surface area contributed by atoms with Crippen LogP contribution in [0.15, 0.2) is 53.8 Å². The Hall–Kier alpha value is -3.08. The lowest BCUT2D eigenvalue weighted by Gasteiger charge is -2.26. The monoisotopic (exact) mass is 529 g/mol. The second kappa shape index (κ2) is 11.4. The number of para-hydroxylation sites is 1. The Morgan fingerprint density at radius 2 is 2.09 bits per heavy atom. The standard InChI is InChI=1S/C24H25BrFN5O3/c1-2-20(32)30-23-19(34-11-5-8-31-9-12-33-13-10-31)14-18-21(22(23)26)24(28-15-27-18)29-17-7-4-3-6-16(17)25/h2-4,6-7,14-15H,1,5,8-13H2,(H,30,32)(H,27,28,29). The lowest BCUT2D eigenvalue weighted by Crippen LogP contribution is -2.37. The Morgan fingerprint density at radius 3 is 2.85 bits per heavy atom. The minimum atomic E-state index is -0.689. The predicted octanol–water partition coefficient (Wildman–Crippen LogP) is 4.50. The van der Waals surface area contributed by atoms with E-state index in [4.69, 9.17) is 9.47 Å². The fourth-order valence-electron chi connectivity index (χ4n) is 3.64. The molecule has 1 fully saturated rings. The molecule has 2 heterocycles. The van der Waals surface area contributed by atoms with E-state index in [1.807, 2.05) is 24.3 Å². The van der Waals surface area contributed by atoms with Crippen molar-refractivity contribution in [2.45, 2.75) is 6.42 Å². The van der Waals surface area contributed by atoms with Gasteiger partial charge in [-0.3, -0.25) is 9.69 Å². The highest BCUT2D eigenvalue weighted by Gasteiger charge is 2.21. The highest BCUT2D eigenvalue weighted by Crippen LogP contribution is 2.37. The molecular weight excluding hydrogens is 505 g/mol. The minimum Gasteiger partial charge on any atom is -0.491 e. The molecule has 4 rings (SSSR count). The number of nitrogens with one attached hydrogen (secondary N) is 2. The first-order valence-corrected chi connectivity index (χ1v) is 11.7. The van der Waals surface area contributed by atoms with Crippen LogP contribution >= 0.6 is 15.9 Å². The molecule has 0 atom stereocenters. The molecule has 178 valence electrons. The molecule has 0 bridgehead atoms. The maximum Gasteiger partial charge on any atom is 0.247 e. The lowest BCUT2D eigenvalue weighted by molar-refractivity contribution is -0.111. The Balaban J connectivity index is 1.62. The van der Waals surface area contributed by atoms with E-state index in [2.05, 4.69) is 48.0 Å². The molecule has 2 N–H and O–H groups in total. The number of fused-ring (bicyclic) bond motifs is 1. The number of hydrogen-bond acceptors (Lipinski definition) is 7.